The van der Waals surface area contributed by atoms with Gasteiger partial charge in [-0.05, 0) is 49.4 Å². The van der Waals surface area contributed by atoms with Crippen LogP contribution in [-0.2, 0) is 4.79 Å². The van der Waals surface area contributed by atoms with E-state index < -0.39 is 11.9 Å². The van der Waals surface area contributed by atoms with Crippen LogP contribution in [0.5, 0.6) is 0 Å². The number of amides is 1. The number of carbonyl (C=O) groups excluding carboxylic acids is 1. The summed E-state index contributed by atoms with van der Waals surface area (Å²) in [6, 6.07) is 6.11. The van der Waals surface area contributed by atoms with E-state index in [0.29, 0.717) is 29.6 Å². The van der Waals surface area contributed by atoms with E-state index in [9.17, 15) is 9.18 Å². The van der Waals surface area contributed by atoms with Crippen LogP contribution < -0.4 is 10.2 Å². The van der Waals surface area contributed by atoms with Gasteiger partial charge in [0.15, 0.2) is 0 Å². The Kier molecular flexibility index (Phi) is 6.10. The van der Waals surface area contributed by atoms with Gasteiger partial charge in [-0.25, -0.2) is 14.4 Å². The highest BCUT2D eigenvalue weighted by molar-refractivity contribution is 6.30. The van der Waals surface area contributed by atoms with E-state index in [1.807, 2.05) is 24.1 Å². The molecular weight excluding hydrogens is 443 g/mol. The fraction of sp³-hybridized carbons (Fsp3) is 0.458. The van der Waals surface area contributed by atoms with Crippen LogP contribution in [0, 0.1) is 11.7 Å². The van der Waals surface area contributed by atoms with Gasteiger partial charge in [0.25, 0.3) is 0 Å². The van der Waals surface area contributed by atoms with Gasteiger partial charge in [0, 0.05) is 36.5 Å². The summed E-state index contributed by atoms with van der Waals surface area (Å²) in [6.45, 7) is 4.37. The molecule has 2 saturated heterocycles. The normalized spacial score (nSPS) is 21.3. The number of hydrogen-bond donors (Lipinski definition) is 2. The van der Waals surface area contributed by atoms with Crippen molar-refractivity contribution >= 4 is 40.0 Å². The standard InChI is InChI=1S/C24H28ClFN6O/c1-2-3-20(30-18-11-16(25)10-17(26)12-18)24(33)31-8-5-15-6-9-32(21(15)13-31)23-19-4-7-27-22(19)28-14-29-23/h4,7,10-12,14-15,20-21,30H,2-3,5-6,8-9,13H2,1H3,(H,27,28,29). The van der Waals surface area contributed by atoms with Gasteiger partial charge in [0.1, 0.15) is 29.7 Å². The average Bonchev–Trinajstić information content (AvgIpc) is 3.44. The lowest BCUT2D eigenvalue weighted by Gasteiger charge is -2.40. The summed E-state index contributed by atoms with van der Waals surface area (Å²) in [5, 5.41) is 4.55. The van der Waals surface area contributed by atoms with Crippen molar-refractivity contribution in [3.63, 3.8) is 0 Å². The number of benzene rings is 1. The average molecular weight is 471 g/mol. The van der Waals surface area contributed by atoms with Gasteiger partial charge < -0.3 is 20.1 Å². The Balaban J connectivity index is 1.35. The molecule has 5 rings (SSSR count). The molecule has 1 amide bonds. The number of halogens is 2. The first-order chi connectivity index (χ1) is 16.0. The maximum absolute atomic E-state index is 13.8. The number of aromatic amines is 1. The predicted molar refractivity (Wildman–Crippen MR) is 128 cm³/mol. The highest BCUT2D eigenvalue weighted by Crippen LogP contribution is 2.37. The molecule has 4 heterocycles. The van der Waals surface area contributed by atoms with Gasteiger partial charge in [-0.3, -0.25) is 4.79 Å². The third-order valence-corrected chi connectivity index (χ3v) is 7.08. The van der Waals surface area contributed by atoms with Crippen molar-refractivity contribution < 1.29 is 9.18 Å². The molecule has 2 aliphatic heterocycles. The number of nitrogens with zero attached hydrogens (tertiary/aromatic N) is 4. The molecule has 0 spiro atoms. The van der Waals surface area contributed by atoms with Crippen LogP contribution in [0.25, 0.3) is 11.0 Å². The van der Waals surface area contributed by atoms with E-state index in [1.165, 1.54) is 12.1 Å². The Morgan fingerprint density at radius 1 is 1.30 bits per heavy atom. The lowest BCUT2D eigenvalue weighted by atomic mass is 9.91. The number of carbonyl (C=O) groups is 1. The molecule has 3 unspecified atom stereocenters. The number of piperidine rings is 1. The Hall–Kier alpha value is -2.87. The molecule has 174 valence electrons. The Morgan fingerprint density at radius 3 is 2.97 bits per heavy atom. The Labute approximate surface area is 197 Å². The summed E-state index contributed by atoms with van der Waals surface area (Å²) in [7, 11) is 0. The maximum Gasteiger partial charge on any atom is 0.245 e. The molecule has 0 radical (unpaired) electrons. The Bertz CT molecular complexity index is 1130. The summed E-state index contributed by atoms with van der Waals surface area (Å²) in [6.07, 6.45) is 7.05. The molecule has 9 heteroatoms. The second-order valence-electron chi connectivity index (χ2n) is 8.96. The van der Waals surface area contributed by atoms with Crippen molar-refractivity contribution in [3.05, 3.63) is 47.6 Å². The second-order valence-corrected chi connectivity index (χ2v) is 9.40. The lowest BCUT2D eigenvalue weighted by Crippen LogP contribution is -2.53. The van der Waals surface area contributed by atoms with E-state index in [0.717, 1.165) is 49.2 Å². The summed E-state index contributed by atoms with van der Waals surface area (Å²) in [4.78, 5) is 29.9. The van der Waals surface area contributed by atoms with Gasteiger partial charge in [-0.1, -0.05) is 24.9 Å². The zero-order chi connectivity index (χ0) is 22.9. The fourth-order valence-corrected chi connectivity index (χ4v) is 5.52. The van der Waals surface area contributed by atoms with Crippen molar-refractivity contribution in [3.8, 4) is 0 Å². The van der Waals surface area contributed by atoms with E-state index in [4.69, 9.17) is 11.6 Å². The minimum Gasteiger partial charge on any atom is -0.374 e. The molecule has 33 heavy (non-hydrogen) atoms. The highest BCUT2D eigenvalue weighted by atomic mass is 35.5. The number of rotatable bonds is 6. The highest BCUT2D eigenvalue weighted by Gasteiger charge is 2.41. The molecule has 3 aromatic rings. The van der Waals surface area contributed by atoms with Crippen molar-refractivity contribution in [2.45, 2.75) is 44.7 Å². The van der Waals surface area contributed by atoms with Crippen molar-refractivity contribution in [1.82, 2.24) is 19.9 Å². The third-order valence-electron chi connectivity index (χ3n) is 6.86. The smallest absolute Gasteiger partial charge is 0.245 e. The number of likely N-dealkylation sites (tertiary alicyclic amines) is 1. The van der Waals surface area contributed by atoms with E-state index in [2.05, 4.69) is 25.2 Å². The molecule has 0 aliphatic carbocycles. The Morgan fingerprint density at radius 2 is 2.15 bits per heavy atom. The SMILES string of the molecule is CCCC(Nc1cc(F)cc(Cl)c1)C(=O)N1CCC2CCN(c3ncnc4[nH]ccc34)C2C1. The maximum atomic E-state index is 13.8. The first-order valence-electron chi connectivity index (χ1n) is 11.6. The topological polar surface area (TPSA) is 77.2 Å². The molecule has 2 aliphatic rings. The van der Waals surface area contributed by atoms with Crippen molar-refractivity contribution in [2.24, 2.45) is 5.92 Å². The molecule has 7 nitrogen and oxygen atoms in total. The number of fused-ring (bicyclic) bond motifs is 2. The zero-order valence-corrected chi connectivity index (χ0v) is 19.4. The van der Waals surface area contributed by atoms with Crippen LogP contribution in [0.3, 0.4) is 0 Å². The molecule has 2 fully saturated rings. The molecule has 1 aromatic carbocycles. The largest absolute Gasteiger partial charge is 0.374 e. The summed E-state index contributed by atoms with van der Waals surface area (Å²) in [5.41, 5.74) is 1.35. The van der Waals surface area contributed by atoms with Crippen LogP contribution in [0.2, 0.25) is 5.02 Å². The summed E-state index contributed by atoms with van der Waals surface area (Å²) < 4.78 is 13.8. The first-order valence-corrected chi connectivity index (χ1v) is 12.0. The fourth-order valence-electron chi connectivity index (χ4n) is 5.30. The van der Waals surface area contributed by atoms with Crippen LogP contribution >= 0.6 is 11.6 Å². The van der Waals surface area contributed by atoms with Crippen molar-refractivity contribution in [1.29, 1.82) is 0 Å². The first kappa shape index (κ1) is 21.9. The number of aromatic nitrogens is 3. The quantitative estimate of drug-likeness (QED) is 0.556. The van der Waals surface area contributed by atoms with E-state index in [1.54, 1.807) is 12.4 Å². The van der Waals surface area contributed by atoms with Gasteiger partial charge in [0.2, 0.25) is 5.91 Å². The number of anilines is 2. The summed E-state index contributed by atoms with van der Waals surface area (Å²) >= 11 is 6.01. The van der Waals surface area contributed by atoms with Crippen LogP contribution in [-0.4, -0.2) is 57.5 Å². The monoisotopic (exact) mass is 470 g/mol. The molecule has 0 saturated carbocycles. The molecule has 2 aromatic heterocycles. The van der Waals surface area contributed by atoms with Crippen LogP contribution in [0.4, 0.5) is 15.9 Å². The molecule has 0 bridgehead atoms. The van der Waals surface area contributed by atoms with Gasteiger partial charge in [-0.15, -0.1) is 0 Å². The van der Waals surface area contributed by atoms with Gasteiger partial charge in [-0.2, -0.15) is 0 Å². The number of hydrogen-bond acceptors (Lipinski definition) is 5. The van der Waals surface area contributed by atoms with Gasteiger partial charge >= 0.3 is 0 Å². The number of H-pyrrole nitrogens is 1. The molecule has 3 atom stereocenters. The van der Waals surface area contributed by atoms with Gasteiger partial charge in [0.05, 0.1) is 11.4 Å². The molecular formula is C24H28ClFN6O. The second kappa shape index (κ2) is 9.17. The van der Waals surface area contributed by atoms with E-state index >= 15 is 0 Å². The third kappa shape index (κ3) is 4.36. The van der Waals surface area contributed by atoms with Crippen molar-refractivity contribution in [2.75, 3.05) is 29.9 Å². The van der Waals surface area contributed by atoms with Crippen LogP contribution in [0.1, 0.15) is 32.6 Å². The lowest BCUT2D eigenvalue weighted by molar-refractivity contribution is -0.133. The predicted octanol–water partition coefficient (Wildman–Crippen LogP) is 4.46. The zero-order valence-electron chi connectivity index (χ0n) is 18.6. The van der Waals surface area contributed by atoms with E-state index in [-0.39, 0.29) is 11.9 Å². The minimum atomic E-state index is -0.422. The van der Waals surface area contributed by atoms with Crippen LogP contribution in [0.15, 0.2) is 36.8 Å². The summed E-state index contributed by atoms with van der Waals surface area (Å²) in [5.74, 6) is 1.10. The molecule has 2 N–H and O–H groups in total. The number of nitrogens with one attached hydrogen (secondary N) is 2. The minimum absolute atomic E-state index is 0.0528.